The fourth-order valence-corrected chi connectivity index (χ4v) is 3.10. The summed E-state index contributed by atoms with van der Waals surface area (Å²) < 4.78 is 12.0. The molecule has 1 N–H and O–H groups in total. The Balaban J connectivity index is 1.76. The smallest absolute Gasteiger partial charge is 0.313 e. The highest BCUT2D eigenvalue weighted by atomic mass is 79.9. The first-order valence-corrected chi connectivity index (χ1v) is 9.79. The number of benzene rings is 2. The molecular formula is C20H16BrClN4O4. The lowest BCUT2D eigenvalue weighted by atomic mass is 10.2. The first-order chi connectivity index (χ1) is 14.5. The van der Waals surface area contributed by atoms with Crippen molar-refractivity contribution in [3.05, 3.63) is 85.5 Å². The number of nitrogens with zero attached hydrogens (tertiary/aromatic N) is 3. The number of nitro groups is 1. The van der Waals surface area contributed by atoms with Gasteiger partial charge in [0.1, 0.15) is 6.61 Å². The summed E-state index contributed by atoms with van der Waals surface area (Å²) in [5.74, 6) is 1.06. The standard InChI is InChI=1S/C20H16BrClN4O4/c1-29-18-9-14(11-24-25-20-17(26(27)28)7-4-8-23-20)15(21)10-19(18)30-12-13-5-2-3-6-16(13)22/h2-11H,12H2,1H3,(H,23,25)/b24-11-. The fourth-order valence-electron chi connectivity index (χ4n) is 2.49. The van der Waals surface area contributed by atoms with E-state index < -0.39 is 4.92 Å². The largest absolute Gasteiger partial charge is 0.493 e. The molecule has 154 valence electrons. The second-order valence-electron chi connectivity index (χ2n) is 5.90. The molecule has 3 rings (SSSR count). The van der Waals surface area contributed by atoms with Crippen LogP contribution in [0.2, 0.25) is 5.02 Å². The number of anilines is 1. The van der Waals surface area contributed by atoms with Gasteiger partial charge >= 0.3 is 5.69 Å². The Hall–Kier alpha value is -3.17. The highest BCUT2D eigenvalue weighted by Crippen LogP contribution is 2.34. The molecule has 10 heteroatoms. The molecular weight excluding hydrogens is 476 g/mol. The second kappa shape index (κ2) is 10.0. The van der Waals surface area contributed by atoms with Gasteiger partial charge in [-0.05, 0) is 40.2 Å². The third-order valence-electron chi connectivity index (χ3n) is 3.98. The van der Waals surface area contributed by atoms with Crippen molar-refractivity contribution in [3.63, 3.8) is 0 Å². The maximum Gasteiger partial charge on any atom is 0.313 e. The lowest BCUT2D eigenvalue weighted by Gasteiger charge is -2.13. The maximum atomic E-state index is 11.0. The summed E-state index contributed by atoms with van der Waals surface area (Å²) >= 11 is 9.64. The van der Waals surface area contributed by atoms with E-state index in [1.807, 2.05) is 18.2 Å². The Bertz CT molecular complexity index is 1090. The molecule has 0 atom stereocenters. The molecule has 30 heavy (non-hydrogen) atoms. The van der Waals surface area contributed by atoms with Gasteiger partial charge in [-0.15, -0.1) is 0 Å². The Morgan fingerprint density at radius 3 is 2.80 bits per heavy atom. The minimum absolute atomic E-state index is 0.0431. The van der Waals surface area contributed by atoms with Crippen LogP contribution in [0.4, 0.5) is 11.5 Å². The first-order valence-electron chi connectivity index (χ1n) is 8.62. The fraction of sp³-hybridized carbons (Fsp3) is 0.100. The van der Waals surface area contributed by atoms with Gasteiger partial charge in [-0.2, -0.15) is 5.10 Å². The Morgan fingerprint density at radius 1 is 1.27 bits per heavy atom. The van der Waals surface area contributed by atoms with Crippen LogP contribution in [0.15, 0.2) is 64.3 Å². The molecule has 3 aromatic rings. The number of ether oxygens (including phenoxy) is 2. The molecule has 0 fully saturated rings. The highest BCUT2D eigenvalue weighted by Gasteiger charge is 2.14. The van der Waals surface area contributed by atoms with E-state index in [-0.39, 0.29) is 18.1 Å². The van der Waals surface area contributed by atoms with E-state index in [0.29, 0.717) is 26.6 Å². The van der Waals surface area contributed by atoms with Crippen LogP contribution in [-0.4, -0.2) is 23.2 Å². The van der Waals surface area contributed by atoms with Gasteiger partial charge in [0.05, 0.1) is 18.2 Å². The van der Waals surface area contributed by atoms with Crippen molar-refractivity contribution in [2.45, 2.75) is 6.61 Å². The van der Waals surface area contributed by atoms with Crippen molar-refractivity contribution >= 4 is 45.3 Å². The van der Waals surface area contributed by atoms with Gasteiger partial charge in [-0.25, -0.2) is 4.98 Å². The summed E-state index contributed by atoms with van der Waals surface area (Å²) in [5, 5.41) is 15.7. The minimum Gasteiger partial charge on any atom is -0.493 e. The number of hydrogen-bond donors (Lipinski definition) is 1. The molecule has 0 saturated carbocycles. The van der Waals surface area contributed by atoms with Crippen LogP contribution in [0.5, 0.6) is 11.5 Å². The zero-order chi connectivity index (χ0) is 21.5. The molecule has 1 aromatic heterocycles. The molecule has 0 aliphatic carbocycles. The number of hydrogen-bond acceptors (Lipinski definition) is 7. The Labute approximate surface area is 185 Å². The van der Waals surface area contributed by atoms with E-state index in [2.05, 4.69) is 31.4 Å². The zero-order valence-corrected chi connectivity index (χ0v) is 18.1. The minimum atomic E-state index is -0.533. The van der Waals surface area contributed by atoms with Crippen molar-refractivity contribution in [1.29, 1.82) is 0 Å². The predicted molar refractivity (Wildman–Crippen MR) is 119 cm³/mol. The molecule has 0 spiro atoms. The molecule has 2 aromatic carbocycles. The van der Waals surface area contributed by atoms with Crippen LogP contribution in [0.3, 0.4) is 0 Å². The number of aromatic nitrogens is 1. The van der Waals surface area contributed by atoms with Gasteiger partial charge in [-0.3, -0.25) is 15.5 Å². The third kappa shape index (κ3) is 5.25. The quantitative estimate of drug-likeness (QED) is 0.256. The van der Waals surface area contributed by atoms with Gasteiger partial charge in [-0.1, -0.05) is 29.8 Å². The van der Waals surface area contributed by atoms with Crippen LogP contribution >= 0.6 is 27.5 Å². The zero-order valence-electron chi connectivity index (χ0n) is 15.7. The normalized spacial score (nSPS) is 10.8. The topological polar surface area (TPSA) is 98.9 Å². The van der Waals surface area contributed by atoms with E-state index in [1.54, 1.807) is 18.2 Å². The molecule has 0 saturated heterocycles. The number of hydrazone groups is 1. The van der Waals surface area contributed by atoms with Gasteiger partial charge in [0.25, 0.3) is 0 Å². The van der Waals surface area contributed by atoms with Crippen LogP contribution in [0.25, 0.3) is 0 Å². The molecule has 1 heterocycles. The number of nitrogens with one attached hydrogen (secondary N) is 1. The van der Waals surface area contributed by atoms with Crippen molar-refractivity contribution in [3.8, 4) is 11.5 Å². The van der Waals surface area contributed by atoms with Gasteiger partial charge < -0.3 is 9.47 Å². The lowest BCUT2D eigenvalue weighted by Crippen LogP contribution is -2.01. The number of methoxy groups -OCH3 is 1. The van der Waals surface area contributed by atoms with Crippen molar-refractivity contribution in [2.75, 3.05) is 12.5 Å². The van der Waals surface area contributed by atoms with Crippen molar-refractivity contribution in [1.82, 2.24) is 4.98 Å². The monoisotopic (exact) mass is 490 g/mol. The van der Waals surface area contributed by atoms with E-state index in [4.69, 9.17) is 21.1 Å². The molecule has 8 nitrogen and oxygen atoms in total. The summed E-state index contributed by atoms with van der Waals surface area (Å²) in [4.78, 5) is 14.4. The van der Waals surface area contributed by atoms with Crippen LogP contribution in [0.1, 0.15) is 11.1 Å². The first kappa shape index (κ1) is 21.5. The van der Waals surface area contributed by atoms with E-state index in [0.717, 1.165) is 5.56 Å². The molecule has 0 aliphatic heterocycles. The molecule has 0 bridgehead atoms. The SMILES string of the molecule is COc1cc(/C=N\Nc2ncccc2[N+](=O)[O-])c(Br)cc1OCc1ccccc1Cl. The summed E-state index contributed by atoms with van der Waals surface area (Å²) in [5.41, 5.74) is 3.93. The van der Waals surface area contributed by atoms with Crippen LogP contribution < -0.4 is 14.9 Å². The second-order valence-corrected chi connectivity index (χ2v) is 7.16. The van der Waals surface area contributed by atoms with Crippen LogP contribution in [-0.2, 0) is 6.61 Å². The molecule has 0 aliphatic rings. The lowest BCUT2D eigenvalue weighted by molar-refractivity contribution is -0.384. The van der Waals surface area contributed by atoms with E-state index >= 15 is 0 Å². The number of rotatable bonds is 8. The van der Waals surface area contributed by atoms with Gasteiger partial charge in [0.2, 0.25) is 5.82 Å². The van der Waals surface area contributed by atoms with E-state index in [9.17, 15) is 10.1 Å². The van der Waals surface area contributed by atoms with Crippen molar-refractivity contribution < 1.29 is 14.4 Å². The molecule has 0 amide bonds. The predicted octanol–water partition coefficient (Wildman–Crippen LogP) is 5.44. The third-order valence-corrected chi connectivity index (χ3v) is 5.04. The Kier molecular flexibility index (Phi) is 7.21. The summed E-state index contributed by atoms with van der Waals surface area (Å²) in [7, 11) is 1.53. The average Bonchev–Trinajstić information content (AvgIpc) is 2.74. The van der Waals surface area contributed by atoms with Gasteiger partial charge in [0.15, 0.2) is 11.5 Å². The van der Waals surface area contributed by atoms with Crippen LogP contribution in [0, 0.1) is 10.1 Å². The van der Waals surface area contributed by atoms with Crippen molar-refractivity contribution in [2.24, 2.45) is 5.10 Å². The maximum absolute atomic E-state index is 11.0. The average molecular weight is 492 g/mol. The highest BCUT2D eigenvalue weighted by molar-refractivity contribution is 9.10. The molecule has 0 radical (unpaired) electrons. The summed E-state index contributed by atoms with van der Waals surface area (Å²) in [6.07, 6.45) is 2.93. The van der Waals surface area contributed by atoms with E-state index in [1.165, 1.54) is 31.7 Å². The number of halogens is 2. The summed E-state index contributed by atoms with van der Waals surface area (Å²) in [6, 6.07) is 13.7. The summed E-state index contributed by atoms with van der Waals surface area (Å²) in [6.45, 7) is 0.279. The molecule has 0 unspecified atom stereocenters. The Morgan fingerprint density at radius 2 is 2.07 bits per heavy atom. The van der Waals surface area contributed by atoms with Gasteiger partial charge in [0, 0.05) is 32.9 Å². The number of pyridine rings is 1.